The van der Waals surface area contributed by atoms with Crippen LogP contribution in [0.4, 0.5) is 5.95 Å². The standard InChI is InChI=1S/C14H24N4O2/c1-9(2)19-13-16-12(15-4)17-14(18-13)20-11-7-5-10(3)6-8-11/h9-11H,5-8H2,1-4H3,(H,15,16,17,18). The Morgan fingerprint density at radius 2 is 1.70 bits per heavy atom. The van der Waals surface area contributed by atoms with Crippen LogP contribution in [0.25, 0.3) is 0 Å². The molecule has 1 aliphatic rings. The van der Waals surface area contributed by atoms with Crippen LogP contribution < -0.4 is 14.8 Å². The molecule has 0 atom stereocenters. The molecule has 1 saturated carbocycles. The molecule has 0 aromatic carbocycles. The second-order valence-corrected chi connectivity index (χ2v) is 5.64. The molecule has 0 unspecified atom stereocenters. The van der Waals surface area contributed by atoms with Crippen molar-refractivity contribution in [3.63, 3.8) is 0 Å². The molecular weight excluding hydrogens is 256 g/mol. The van der Waals surface area contributed by atoms with E-state index in [2.05, 4.69) is 27.2 Å². The predicted octanol–water partition coefficient (Wildman–Crippen LogP) is 2.66. The molecule has 20 heavy (non-hydrogen) atoms. The van der Waals surface area contributed by atoms with Gasteiger partial charge in [-0.2, -0.15) is 9.97 Å². The van der Waals surface area contributed by atoms with E-state index >= 15 is 0 Å². The maximum absolute atomic E-state index is 5.89. The highest BCUT2D eigenvalue weighted by molar-refractivity contribution is 5.26. The van der Waals surface area contributed by atoms with Gasteiger partial charge in [-0.3, -0.25) is 0 Å². The van der Waals surface area contributed by atoms with Crippen LogP contribution >= 0.6 is 0 Å². The number of hydrogen-bond acceptors (Lipinski definition) is 6. The van der Waals surface area contributed by atoms with Gasteiger partial charge in [0.15, 0.2) is 0 Å². The Kier molecular flexibility index (Phi) is 4.98. The van der Waals surface area contributed by atoms with Crippen LogP contribution in [0.3, 0.4) is 0 Å². The van der Waals surface area contributed by atoms with E-state index in [9.17, 15) is 0 Å². The molecule has 6 heteroatoms. The van der Waals surface area contributed by atoms with Crippen LogP contribution in [0, 0.1) is 5.92 Å². The molecule has 6 nitrogen and oxygen atoms in total. The van der Waals surface area contributed by atoms with Crippen LogP contribution in [0.5, 0.6) is 12.0 Å². The van der Waals surface area contributed by atoms with Gasteiger partial charge in [-0.15, -0.1) is 4.98 Å². The third-order valence-electron chi connectivity index (χ3n) is 3.39. The van der Waals surface area contributed by atoms with Crippen LogP contribution in [0.15, 0.2) is 0 Å². The van der Waals surface area contributed by atoms with Gasteiger partial charge in [-0.05, 0) is 45.4 Å². The summed E-state index contributed by atoms with van der Waals surface area (Å²) in [7, 11) is 1.76. The summed E-state index contributed by atoms with van der Waals surface area (Å²) in [6, 6.07) is 0.651. The van der Waals surface area contributed by atoms with Gasteiger partial charge in [0, 0.05) is 7.05 Å². The molecular formula is C14H24N4O2. The largest absolute Gasteiger partial charge is 0.461 e. The summed E-state index contributed by atoms with van der Waals surface area (Å²) in [5.74, 6) is 1.26. The van der Waals surface area contributed by atoms with E-state index in [1.54, 1.807) is 7.05 Å². The van der Waals surface area contributed by atoms with Crippen molar-refractivity contribution in [2.45, 2.75) is 58.7 Å². The number of anilines is 1. The lowest BCUT2D eigenvalue weighted by Gasteiger charge is -2.26. The molecule has 112 valence electrons. The van der Waals surface area contributed by atoms with Crippen LogP contribution in [0.2, 0.25) is 0 Å². The highest BCUT2D eigenvalue weighted by Gasteiger charge is 2.21. The Balaban J connectivity index is 2.06. The van der Waals surface area contributed by atoms with E-state index < -0.39 is 0 Å². The third kappa shape index (κ3) is 4.21. The van der Waals surface area contributed by atoms with Crippen molar-refractivity contribution < 1.29 is 9.47 Å². The van der Waals surface area contributed by atoms with E-state index in [1.165, 1.54) is 12.8 Å². The maximum atomic E-state index is 5.89. The second kappa shape index (κ2) is 6.72. The van der Waals surface area contributed by atoms with Gasteiger partial charge in [0.1, 0.15) is 6.10 Å². The topological polar surface area (TPSA) is 69.2 Å². The Labute approximate surface area is 120 Å². The molecule has 0 radical (unpaired) electrons. The van der Waals surface area contributed by atoms with E-state index in [1.807, 2.05) is 13.8 Å². The molecule has 1 aromatic heterocycles. The van der Waals surface area contributed by atoms with Gasteiger partial charge in [0.2, 0.25) is 5.95 Å². The van der Waals surface area contributed by atoms with Crippen molar-refractivity contribution in [2.24, 2.45) is 5.92 Å². The second-order valence-electron chi connectivity index (χ2n) is 5.64. The van der Waals surface area contributed by atoms with Crippen molar-refractivity contribution in [3.8, 4) is 12.0 Å². The smallest absolute Gasteiger partial charge is 0.324 e. The summed E-state index contributed by atoms with van der Waals surface area (Å²) in [6.07, 6.45) is 4.73. The van der Waals surface area contributed by atoms with Crippen molar-refractivity contribution >= 4 is 5.95 Å². The lowest BCUT2D eigenvalue weighted by atomic mass is 9.89. The number of hydrogen-bond donors (Lipinski definition) is 1. The lowest BCUT2D eigenvalue weighted by molar-refractivity contribution is 0.121. The molecule has 1 heterocycles. The van der Waals surface area contributed by atoms with E-state index in [0.717, 1.165) is 18.8 Å². The average Bonchev–Trinajstić information content (AvgIpc) is 2.40. The van der Waals surface area contributed by atoms with Crippen LogP contribution in [-0.4, -0.2) is 34.2 Å². The SMILES string of the molecule is CNc1nc(OC(C)C)nc(OC2CCC(C)CC2)n1. The van der Waals surface area contributed by atoms with Gasteiger partial charge >= 0.3 is 12.0 Å². The fraction of sp³-hybridized carbons (Fsp3) is 0.786. The van der Waals surface area contributed by atoms with Gasteiger partial charge in [0.05, 0.1) is 6.10 Å². The number of ether oxygens (including phenoxy) is 2. The van der Waals surface area contributed by atoms with E-state index in [0.29, 0.717) is 18.0 Å². The zero-order valence-electron chi connectivity index (χ0n) is 12.7. The first-order valence-corrected chi connectivity index (χ1v) is 7.34. The number of aromatic nitrogens is 3. The van der Waals surface area contributed by atoms with Gasteiger partial charge in [-0.1, -0.05) is 6.92 Å². The highest BCUT2D eigenvalue weighted by Crippen LogP contribution is 2.26. The summed E-state index contributed by atoms with van der Waals surface area (Å²) < 4.78 is 11.4. The Morgan fingerprint density at radius 1 is 1.05 bits per heavy atom. The first kappa shape index (κ1) is 14.8. The molecule has 1 fully saturated rings. The van der Waals surface area contributed by atoms with Gasteiger partial charge in [-0.25, -0.2) is 0 Å². The van der Waals surface area contributed by atoms with E-state index in [4.69, 9.17) is 9.47 Å². The zero-order valence-corrected chi connectivity index (χ0v) is 12.7. The zero-order chi connectivity index (χ0) is 14.5. The number of rotatable bonds is 5. The summed E-state index contributed by atoms with van der Waals surface area (Å²) in [6.45, 7) is 6.16. The van der Waals surface area contributed by atoms with Crippen molar-refractivity contribution in [2.75, 3.05) is 12.4 Å². The Morgan fingerprint density at radius 3 is 2.30 bits per heavy atom. The molecule has 0 amide bonds. The molecule has 1 aromatic rings. The molecule has 1 N–H and O–H groups in total. The van der Waals surface area contributed by atoms with Crippen molar-refractivity contribution in [1.82, 2.24) is 15.0 Å². The monoisotopic (exact) mass is 280 g/mol. The molecule has 0 bridgehead atoms. The molecule has 2 rings (SSSR count). The summed E-state index contributed by atoms with van der Waals surface area (Å²) >= 11 is 0. The minimum Gasteiger partial charge on any atom is -0.461 e. The van der Waals surface area contributed by atoms with Gasteiger partial charge < -0.3 is 14.8 Å². The summed E-state index contributed by atoms with van der Waals surface area (Å²) in [4.78, 5) is 12.6. The van der Waals surface area contributed by atoms with Crippen molar-refractivity contribution in [3.05, 3.63) is 0 Å². The van der Waals surface area contributed by atoms with Crippen molar-refractivity contribution in [1.29, 1.82) is 0 Å². The third-order valence-corrected chi connectivity index (χ3v) is 3.39. The van der Waals surface area contributed by atoms with Crippen LogP contribution in [-0.2, 0) is 0 Å². The first-order chi connectivity index (χ1) is 9.56. The maximum Gasteiger partial charge on any atom is 0.324 e. The minimum atomic E-state index is 0.0190. The fourth-order valence-electron chi connectivity index (χ4n) is 2.26. The van der Waals surface area contributed by atoms with E-state index in [-0.39, 0.29) is 12.2 Å². The molecule has 0 saturated heterocycles. The number of nitrogens with zero attached hydrogens (tertiary/aromatic N) is 3. The Bertz CT molecular complexity index is 431. The predicted molar refractivity (Wildman–Crippen MR) is 77.2 cm³/mol. The summed E-state index contributed by atoms with van der Waals surface area (Å²) in [5.41, 5.74) is 0. The van der Waals surface area contributed by atoms with Gasteiger partial charge in [0.25, 0.3) is 0 Å². The average molecular weight is 280 g/mol. The van der Waals surface area contributed by atoms with Crippen LogP contribution in [0.1, 0.15) is 46.5 Å². The number of nitrogens with one attached hydrogen (secondary N) is 1. The summed E-state index contributed by atoms with van der Waals surface area (Å²) in [5, 5.41) is 2.90. The molecule has 0 spiro atoms. The minimum absolute atomic E-state index is 0.0190. The normalized spacial score (nSPS) is 22.6. The molecule has 1 aliphatic carbocycles. The fourth-order valence-corrected chi connectivity index (χ4v) is 2.26. The first-order valence-electron chi connectivity index (χ1n) is 7.34. The Hall–Kier alpha value is -1.59. The quantitative estimate of drug-likeness (QED) is 0.894. The highest BCUT2D eigenvalue weighted by atomic mass is 16.5. The molecule has 0 aliphatic heterocycles. The lowest BCUT2D eigenvalue weighted by Crippen LogP contribution is -2.24.